The van der Waals surface area contributed by atoms with Crippen molar-refractivity contribution in [3.63, 3.8) is 0 Å². The van der Waals surface area contributed by atoms with Crippen LogP contribution >= 0.6 is 0 Å². The summed E-state index contributed by atoms with van der Waals surface area (Å²) >= 11 is 0. The van der Waals surface area contributed by atoms with Gasteiger partial charge in [0.2, 0.25) is 21.8 Å². The van der Waals surface area contributed by atoms with Crippen LogP contribution in [0.15, 0.2) is 35.2 Å². The molecule has 0 atom stereocenters. The molecule has 2 amide bonds. The summed E-state index contributed by atoms with van der Waals surface area (Å²) in [4.78, 5) is 24.6. The number of rotatable bonds is 6. The fraction of sp³-hybridized carbons (Fsp3) is 0.440. The second-order valence-electron chi connectivity index (χ2n) is 8.74. The van der Waals surface area contributed by atoms with Crippen LogP contribution in [0, 0.1) is 33.6 Å². The van der Waals surface area contributed by atoms with Gasteiger partial charge in [0.05, 0.1) is 4.90 Å². The molecule has 178 valence electrons. The summed E-state index contributed by atoms with van der Waals surface area (Å²) in [5.41, 5.74) is 4.83. The maximum atomic E-state index is 13.4. The molecular weight excluding hydrogens is 438 g/mol. The van der Waals surface area contributed by atoms with E-state index in [4.69, 9.17) is 0 Å². The number of hydrogen-bond acceptors (Lipinski definition) is 4. The number of anilines is 2. The van der Waals surface area contributed by atoms with Gasteiger partial charge in [-0.2, -0.15) is 4.31 Å². The van der Waals surface area contributed by atoms with Crippen molar-refractivity contribution in [2.75, 3.05) is 23.7 Å². The summed E-state index contributed by atoms with van der Waals surface area (Å²) < 4.78 is 28.4. The maximum Gasteiger partial charge on any atom is 0.243 e. The topological polar surface area (TPSA) is 95.6 Å². The zero-order valence-electron chi connectivity index (χ0n) is 20.0. The van der Waals surface area contributed by atoms with E-state index in [0.717, 1.165) is 22.3 Å². The summed E-state index contributed by atoms with van der Waals surface area (Å²) in [5.74, 6) is -0.437. The van der Waals surface area contributed by atoms with Crippen LogP contribution in [0.2, 0.25) is 0 Å². The minimum Gasteiger partial charge on any atom is -0.326 e. The van der Waals surface area contributed by atoms with Gasteiger partial charge in [0.25, 0.3) is 0 Å². The molecular formula is C25H33N3O4S. The van der Waals surface area contributed by atoms with Crippen LogP contribution in [0.3, 0.4) is 0 Å². The fourth-order valence-corrected chi connectivity index (χ4v) is 6.23. The lowest BCUT2D eigenvalue weighted by molar-refractivity contribution is -0.121. The first-order chi connectivity index (χ1) is 15.5. The average molecular weight is 472 g/mol. The summed E-state index contributed by atoms with van der Waals surface area (Å²) in [6.45, 7) is 9.98. The Balaban J connectivity index is 1.64. The van der Waals surface area contributed by atoms with Crippen LogP contribution in [-0.2, 0) is 19.6 Å². The molecule has 1 fully saturated rings. The third kappa shape index (κ3) is 5.45. The van der Waals surface area contributed by atoms with Crippen molar-refractivity contribution in [3.05, 3.63) is 52.6 Å². The van der Waals surface area contributed by atoms with Gasteiger partial charge < -0.3 is 10.6 Å². The molecule has 0 radical (unpaired) electrons. The Labute approximate surface area is 196 Å². The molecule has 0 aromatic heterocycles. The number of sulfonamides is 1. The van der Waals surface area contributed by atoms with Gasteiger partial charge >= 0.3 is 0 Å². The molecule has 0 unspecified atom stereocenters. The standard InChI is InChI=1S/C25H33N3O4S/c1-6-23(29)26-21-7-9-22(10-8-21)27-25(30)20-11-13-28(14-12-20)33(31,32)24-18(4)16(2)15-17(3)19(24)5/h7-10,15,20H,6,11-14H2,1-5H3,(H,26,29)(H,27,30). The van der Waals surface area contributed by atoms with E-state index in [1.165, 1.54) is 4.31 Å². The molecule has 2 aromatic rings. The van der Waals surface area contributed by atoms with Gasteiger partial charge in [0.1, 0.15) is 0 Å². The number of piperidine rings is 1. The van der Waals surface area contributed by atoms with Gasteiger partial charge in [-0.15, -0.1) is 0 Å². The molecule has 1 heterocycles. The maximum absolute atomic E-state index is 13.4. The van der Waals surface area contributed by atoms with Crippen molar-refractivity contribution in [1.29, 1.82) is 0 Å². The Morgan fingerprint density at radius 2 is 1.39 bits per heavy atom. The van der Waals surface area contributed by atoms with E-state index in [1.807, 2.05) is 33.8 Å². The molecule has 3 rings (SSSR count). The number of aryl methyl sites for hydroxylation is 2. The van der Waals surface area contributed by atoms with Crippen LogP contribution in [0.25, 0.3) is 0 Å². The van der Waals surface area contributed by atoms with Gasteiger partial charge in [-0.1, -0.05) is 13.0 Å². The summed E-state index contributed by atoms with van der Waals surface area (Å²) in [6, 6.07) is 8.99. The Morgan fingerprint density at radius 1 is 0.909 bits per heavy atom. The normalized spacial score (nSPS) is 15.3. The molecule has 7 nitrogen and oxygen atoms in total. The Bertz CT molecular complexity index is 1120. The van der Waals surface area contributed by atoms with Crippen molar-refractivity contribution < 1.29 is 18.0 Å². The molecule has 0 saturated carbocycles. The zero-order valence-corrected chi connectivity index (χ0v) is 20.8. The van der Waals surface area contributed by atoms with Crippen molar-refractivity contribution >= 4 is 33.2 Å². The SMILES string of the molecule is CCC(=O)Nc1ccc(NC(=O)C2CCN(S(=O)(=O)c3c(C)c(C)cc(C)c3C)CC2)cc1. The number of nitrogens with one attached hydrogen (secondary N) is 2. The summed E-state index contributed by atoms with van der Waals surface area (Å²) in [7, 11) is -3.63. The molecule has 1 saturated heterocycles. The zero-order chi connectivity index (χ0) is 24.3. The lowest BCUT2D eigenvalue weighted by Crippen LogP contribution is -2.41. The average Bonchev–Trinajstić information content (AvgIpc) is 2.79. The smallest absolute Gasteiger partial charge is 0.243 e. The Morgan fingerprint density at radius 3 is 1.88 bits per heavy atom. The number of carbonyl (C=O) groups excluding carboxylic acids is 2. The van der Waals surface area contributed by atoms with E-state index >= 15 is 0 Å². The van der Waals surface area contributed by atoms with Crippen LogP contribution < -0.4 is 10.6 Å². The van der Waals surface area contributed by atoms with E-state index in [2.05, 4.69) is 10.6 Å². The third-order valence-corrected chi connectivity index (χ3v) is 8.65. The Hall–Kier alpha value is -2.71. The van der Waals surface area contributed by atoms with E-state index in [1.54, 1.807) is 31.2 Å². The van der Waals surface area contributed by atoms with Gasteiger partial charge in [0.15, 0.2) is 0 Å². The lowest BCUT2D eigenvalue weighted by atomic mass is 9.97. The van der Waals surface area contributed by atoms with E-state index in [9.17, 15) is 18.0 Å². The minimum atomic E-state index is -3.63. The quantitative estimate of drug-likeness (QED) is 0.656. The molecule has 8 heteroatoms. The van der Waals surface area contributed by atoms with E-state index in [-0.39, 0.29) is 17.7 Å². The van der Waals surface area contributed by atoms with Crippen LogP contribution in [0.1, 0.15) is 48.4 Å². The van der Waals surface area contributed by atoms with Crippen LogP contribution in [-0.4, -0.2) is 37.6 Å². The predicted octanol–water partition coefficient (Wildman–Crippen LogP) is 4.31. The first-order valence-electron chi connectivity index (χ1n) is 11.3. The van der Waals surface area contributed by atoms with Crippen molar-refractivity contribution in [2.45, 2.75) is 58.8 Å². The monoisotopic (exact) mass is 471 g/mol. The van der Waals surface area contributed by atoms with Crippen LogP contribution in [0.5, 0.6) is 0 Å². The highest BCUT2D eigenvalue weighted by atomic mass is 32.2. The molecule has 2 N–H and O–H groups in total. The minimum absolute atomic E-state index is 0.0697. The number of nitrogens with zero attached hydrogens (tertiary/aromatic N) is 1. The Kier molecular flexibility index (Phi) is 7.59. The first kappa shape index (κ1) is 24.9. The van der Waals surface area contributed by atoms with Crippen molar-refractivity contribution in [3.8, 4) is 0 Å². The van der Waals surface area contributed by atoms with Crippen molar-refractivity contribution in [1.82, 2.24) is 4.31 Å². The number of hydrogen-bond donors (Lipinski definition) is 2. The molecule has 0 aliphatic carbocycles. The largest absolute Gasteiger partial charge is 0.326 e. The van der Waals surface area contributed by atoms with Gasteiger partial charge in [-0.3, -0.25) is 9.59 Å². The second kappa shape index (κ2) is 10.1. The summed E-state index contributed by atoms with van der Waals surface area (Å²) in [5, 5.41) is 5.67. The first-order valence-corrected chi connectivity index (χ1v) is 12.8. The molecule has 1 aliphatic rings. The van der Waals surface area contributed by atoms with E-state index < -0.39 is 10.0 Å². The highest BCUT2D eigenvalue weighted by Gasteiger charge is 2.34. The second-order valence-corrected chi connectivity index (χ2v) is 10.6. The van der Waals surface area contributed by atoms with Gasteiger partial charge in [-0.05, 0) is 87.1 Å². The van der Waals surface area contributed by atoms with Gasteiger partial charge in [-0.25, -0.2) is 8.42 Å². The number of carbonyl (C=O) groups is 2. The molecule has 33 heavy (non-hydrogen) atoms. The molecule has 2 aromatic carbocycles. The number of benzene rings is 2. The van der Waals surface area contributed by atoms with Gasteiger partial charge in [0, 0.05) is 36.8 Å². The highest BCUT2D eigenvalue weighted by molar-refractivity contribution is 7.89. The summed E-state index contributed by atoms with van der Waals surface area (Å²) in [6.07, 6.45) is 1.34. The predicted molar refractivity (Wildman–Crippen MR) is 131 cm³/mol. The lowest BCUT2D eigenvalue weighted by Gasteiger charge is -2.31. The van der Waals surface area contributed by atoms with E-state index in [0.29, 0.717) is 48.6 Å². The van der Waals surface area contributed by atoms with Crippen LogP contribution in [0.4, 0.5) is 11.4 Å². The molecule has 0 bridgehead atoms. The molecule has 0 spiro atoms. The highest BCUT2D eigenvalue weighted by Crippen LogP contribution is 2.31. The molecule has 1 aliphatic heterocycles. The number of amides is 2. The fourth-order valence-electron chi connectivity index (χ4n) is 4.19. The van der Waals surface area contributed by atoms with Crippen molar-refractivity contribution in [2.24, 2.45) is 5.92 Å². The third-order valence-electron chi connectivity index (χ3n) is 6.48.